The molecule has 0 aliphatic carbocycles. The summed E-state index contributed by atoms with van der Waals surface area (Å²) in [6, 6.07) is 0.558. The van der Waals surface area contributed by atoms with Crippen LogP contribution in [-0.2, 0) is 4.74 Å². The van der Waals surface area contributed by atoms with Gasteiger partial charge in [0, 0.05) is 25.7 Å². The predicted octanol–water partition coefficient (Wildman–Crippen LogP) is 0.622. The molecule has 1 N–H and O–H groups in total. The van der Waals surface area contributed by atoms with E-state index in [0.717, 1.165) is 32.7 Å². The molecule has 0 aromatic rings. The van der Waals surface area contributed by atoms with E-state index in [1.54, 1.807) is 0 Å². The molecule has 2 unspecified atom stereocenters. The van der Waals surface area contributed by atoms with E-state index in [1.165, 1.54) is 12.8 Å². The number of hydrogen-bond donors (Lipinski definition) is 1. The molecule has 0 saturated carbocycles. The molecule has 2 heterocycles. The highest BCUT2D eigenvalue weighted by Gasteiger charge is 2.35. The second kappa shape index (κ2) is 3.56. The predicted molar refractivity (Wildman–Crippen MR) is 50.7 cm³/mol. The molecule has 2 atom stereocenters. The van der Waals surface area contributed by atoms with Crippen molar-refractivity contribution in [2.45, 2.75) is 37.8 Å². The fourth-order valence-electron chi connectivity index (χ4n) is 2.30. The molecule has 2 rings (SSSR count). The molecule has 76 valence electrons. The highest BCUT2D eigenvalue weighted by atomic mass is 16.5. The van der Waals surface area contributed by atoms with Gasteiger partial charge in [-0.25, -0.2) is 0 Å². The summed E-state index contributed by atoms with van der Waals surface area (Å²) in [7, 11) is 0. The summed E-state index contributed by atoms with van der Waals surface area (Å²) >= 11 is 0. The first-order valence-electron chi connectivity index (χ1n) is 5.22. The van der Waals surface area contributed by atoms with Crippen LogP contribution in [0.4, 0.5) is 0 Å². The monoisotopic (exact) mass is 185 g/mol. The van der Waals surface area contributed by atoms with Crippen molar-refractivity contribution in [3.05, 3.63) is 0 Å². The fourth-order valence-corrected chi connectivity index (χ4v) is 2.30. The molecular formula is C10H19NO2. The number of aliphatic hydroxyl groups is 1. The maximum Gasteiger partial charge on any atom is 0.0758 e. The van der Waals surface area contributed by atoms with Gasteiger partial charge in [0.15, 0.2) is 0 Å². The molecular weight excluding hydrogens is 166 g/mol. The van der Waals surface area contributed by atoms with Crippen molar-refractivity contribution in [2.75, 3.05) is 26.3 Å². The van der Waals surface area contributed by atoms with Gasteiger partial charge in [0.05, 0.1) is 12.2 Å². The van der Waals surface area contributed by atoms with Gasteiger partial charge >= 0.3 is 0 Å². The van der Waals surface area contributed by atoms with Crippen LogP contribution in [0.1, 0.15) is 26.2 Å². The van der Waals surface area contributed by atoms with Crippen molar-refractivity contribution in [1.29, 1.82) is 0 Å². The molecule has 2 aliphatic rings. The highest BCUT2D eigenvalue weighted by molar-refractivity contribution is 4.89. The van der Waals surface area contributed by atoms with Crippen molar-refractivity contribution in [3.63, 3.8) is 0 Å². The van der Waals surface area contributed by atoms with E-state index >= 15 is 0 Å². The molecule has 13 heavy (non-hydrogen) atoms. The fraction of sp³-hybridized carbons (Fsp3) is 1.00. The first-order valence-corrected chi connectivity index (χ1v) is 5.22. The number of β-amino-alcohol motifs (C(OH)–C–C–N with tert-alkyl or cyclic N) is 1. The zero-order valence-electron chi connectivity index (χ0n) is 8.33. The first kappa shape index (κ1) is 9.44. The van der Waals surface area contributed by atoms with Crippen LogP contribution < -0.4 is 0 Å². The Hall–Kier alpha value is -0.120. The van der Waals surface area contributed by atoms with Crippen LogP contribution >= 0.6 is 0 Å². The van der Waals surface area contributed by atoms with Gasteiger partial charge in [0.25, 0.3) is 0 Å². The maximum absolute atomic E-state index is 9.81. The van der Waals surface area contributed by atoms with Crippen LogP contribution in [0.15, 0.2) is 0 Å². The number of hydrogen-bond acceptors (Lipinski definition) is 3. The lowest BCUT2D eigenvalue weighted by Gasteiger charge is -2.31. The molecule has 0 spiro atoms. The molecule has 0 radical (unpaired) electrons. The summed E-state index contributed by atoms with van der Waals surface area (Å²) in [6.45, 7) is 5.55. The Labute approximate surface area is 79.7 Å². The largest absolute Gasteiger partial charge is 0.389 e. The molecule has 2 fully saturated rings. The van der Waals surface area contributed by atoms with Crippen LogP contribution in [-0.4, -0.2) is 48.0 Å². The number of nitrogens with zero attached hydrogens (tertiary/aromatic N) is 1. The number of likely N-dealkylation sites (tertiary alicyclic amines) is 1. The third kappa shape index (κ3) is 2.22. The number of ether oxygens (including phenoxy) is 1. The Morgan fingerprint density at radius 2 is 2.38 bits per heavy atom. The Bertz CT molecular complexity index is 176. The maximum atomic E-state index is 9.81. The molecule has 2 saturated heterocycles. The van der Waals surface area contributed by atoms with Gasteiger partial charge < -0.3 is 9.84 Å². The first-order chi connectivity index (χ1) is 6.17. The van der Waals surface area contributed by atoms with Crippen molar-refractivity contribution >= 4 is 0 Å². The van der Waals surface area contributed by atoms with Gasteiger partial charge in [-0.2, -0.15) is 0 Å². The van der Waals surface area contributed by atoms with Crippen LogP contribution in [0.5, 0.6) is 0 Å². The van der Waals surface area contributed by atoms with Gasteiger partial charge in [0.2, 0.25) is 0 Å². The van der Waals surface area contributed by atoms with Crippen molar-refractivity contribution < 1.29 is 9.84 Å². The molecule has 0 bridgehead atoms. The lowest BCUT2D eigenvalue weighted by atomic mass is 10.1. The molecule has 3 nitrogen and oxygen atoms in total. The van der Waals surface area contributed by atoms with Crippen molar-refractivity contribution in [1.82, 2.24) is 4.90 Å². The summed E-state index contributed by atoms with van der Waals surface area (Å²) in [5.74, 6) is 0. The Morgan fingerprint density at radius 3 is 2.92 bits per heavy atom. The third-order valence-electron chi connectivity index (χ3n) is 3.13. The molecule has 0 aromatic heterocycles. The van der Waals surface area contributed by atoms with E-state index in [2.05, 4.69) is 4.90 Å². The second-order valence-corrected chi connectivity index (χ2v) is 4.59. The quantitative estimate of drug-likeness (QED) is 0.650. The molecule has 0 amide bonds. The minimum Gasteiger partial charge on any atom is -0.389 e. The molecule has 3 heteroatoms. The van der Waals surface area contributed by atoms with Gasteiger partial charge in [-0.15, -0.1) is 0 Å². The van der Waals surface area contributed by atoms with E-state index in [9.17, 15) is 5.11 Å². The lowest BCUT2D eigenvalue weighted by molar-refractivity contribution is 0.0102. The number of rotatable bonds is 1. The average Bonchev–Trinajstić information content (AvgIpc) is 2.48. The van der Waals surface area contributed by atoms with E-state index in [-0.39, 0.29) is 0 Å². The zero-order valence-corrected chi connectivity index (χ0v) is 8.33. The summed E-state index contributed by atoms with van der Waals surface area (Å²) in [6.07, 6.45) is 3.31. The molecule has 0 aromatic carbocycles. The van der Waals surface area contributed by atoms with Crippen molar-refractivity contribution in [2.24, 2.45) is 0 Å². The standard InChI is InChI=1S/C10H19NO2/c1-10(12)4-5-11(8-10)9-3-2-6-13-7-9/h9,12H,2-8H2,1H3. The van der Waals surface area contributed by atoms with Crippen LogP contribution in [0, 0.1) is 0 Å². The van der Waals surface area contributed by atoms with Gasteiger partial charge in [-0.1, -0.05) is 0 Å². The lowest BCUT2D eigenvalue weighted by Crippen LogP contribution is -2.41. The summed E-state index contributed by atoms with van der Waals surface area (Å²) in [5.41, 5.74) is -0.461. The SMILES string of the molecule is CC1(O)CCN(C2CCCOC2)C1. The Morgan fingerprint density at radius 1 is 1.54 bits per heavy atom. The molecule has 2 aliphatic heterocycles. The third-order valence-corrected chi connectivity index (χ3v) is 3.13. The van der Waals surface area contributed by atoms with E-state index in [4.69, 9.17) is 4.74 Å². The topological polar surface area (TPSA) is 32.7 Å². The minimum absolute atomic E-state index is 0.461. The second-order valence-electron chi connectivity index (χ2n) is 4.59. The normalized spacial score (nSPS) is 42.5. The van der Waals surface area contributed by atoms with Crippen LogP contribution in [0.2, 0.25) is 0 Å². The minimum atomic E-state index is -0.461. The van der Waals surface area contributed by atoms with E-state index < -0.39 is 5.60 Å². The summed E-state index contributed by atoms with van der Waals surface area (Å²) in [5, 5.41) is 9.81. The van der Waals surface area contributed by atoms with E-state index in [1.807, 2.05) is 6.92 Å². The van der Waals surface area contributed by atoms with Gasteiger partial charge in [-0.05, 0) is 26.2 Å². The van der Waals surface area contributed by atoms with Crippen LogP contribution in [0.3, 0.4) is 0 Å². The summed E-state index contributed by atoms with van der Waals surface area (Å²) in [4.78, 5) is 2.37. The smallest absolute Gasteiger partial charge is 0.0758 e. The zero-order chi connectivity index (χ0) is 9.31. The van der Waals surface area contributed by atoms with Crippen molar-refractivity contribution in [3.8, 4) is 0 Å². The van der Waals surface area contributed by atoms with Gasteiger partial charge in [-0.3, -0.25) is 4.90 Å². The van der Waals surface area contributed by atoms with E-state index in [0.29, 0.717) is 6.04 Å². The van der Waals surface area contributed by atoms with Crippen LogP contribution in [0.25, 0.3) is 0 Å². The Kier molecular flexibility index (Phi) is 2.58. The van der Waals surface area contributed by atoms with Gasteiger partial charge in [0.1, 0.15) is 0 Å². The highest BCUT2D eigenvalue weighted by Crippen LogP contribution is 2.25. The average molecular weight is 185 g/mol. The Balaban J connectivity index is 1.87. The summed E-state index contributed by atoms with van der Waals surface area (Å²) < 4.78 is 5.44.